The summed E-state index contributed by atoms with van der Waals surface area (Å²) in [6.07, 6.45) is 1.12. The number of para-hydroxylation sites is 2. The van der Waals surface area contributed by atoms with E-state index in [0.717, 1.165) is 6.08 Å². The van der Waals surface area contributed by atoms with Gasteiger partial charge in [0.15, 0.2) is 0 Å². The Kier molecular flexibility index (Phi) is 7.58. The van der Waals surface area contributed by atoms with Gasteiger partial charge in [-0.05, 0) is 24.3 Å². The molecular weight excluding hydrogens is 440 g/mol. The highest BCUT2D eigenvalue weighted by Crippen LogP contribution is 2.29. The molecule has 0 bridgehead atoms. The van der Waals surface area contributed by atoms with Gasteiger partial charge in [0.1, 0.15) is 20.3 Å². The highest BCUT2D eigenvalue weighted by atomic mass is 28.3. The second-order valence-corrected chi connectivity index (χ2v) is 10.6. The van der Waals surface area contributed by atoms with Gasteiger partial charge in [-0.2, -0.15) is 0 Å². The van der Waals surface area contributed by atoms with Crippen LogP contribution >= 0.6 is 0 Å². The summed E-state index contributed by atoms with van der Waals surface area (Å²) in [5.41, 5.74) is 0. The summed E-state index contributed by atoms with van der Waals surface area (Å²) in [7, 11) is -1.99. The maximum atomic E-state index is 12.6. The van der Waals surface area contributed by atoms with Crippen LogP contribution in [0.1, 0.15) is 0 Å². The van der Waals surface area contributed by atoms with E-state index in [9.17, 15) is 4.79 Å². The van der Waals surface area contributed by atoms with Gasteiger partial charge in [-0.25, -0.2) is 4.79 Å². The van der Waals surface area contributed by atoms with Crippen molar-refractivity contribution in [3.63, 3.8) is 0 Å². The lowest BCUT2D eigenvalue weighted by Crippen LogP contribution is -2.55. The molecule has 0 aromatic heterocycles. The molecule has 0 unspecified atom stereocenters. The van der Waals surface area contributed by atoms with Crippen molar-refractivity contribution in [2.75, 3.05) is 0 Å². The van der Waals surface area contributed by atoms with Crippen molar-refractivity contribution >= 4 is 25.1 Å². The fraction of sp³-hybridized carbons (Fsp3) is 0.0690. The van der Waals surface area contributed by atoms with Crippen molar-refractivity contribution in [3.8, 4) is 11.5 Å². The van der Waals surface area contributed by atoms with Crippen molar-refractivity contribution in [2.24, 2.45) is 0 Å². The van der Waals surface area contributed by atoms with Gasteiger partial charge >= 0.3 is 11.9 Å². The third-order valence-corrected chi connectivity index (χ3v) is 8.60. The first kappa shape index (κ1) is 23.1. The van der Waals surface area contributed by atoms with E-state index in [1.165, 1.54) is 10.4 Å². The molecule has 0 saturated heterocycles. The van der Waals surface area contributed by atoms with E-state index in [1.807, 2.05) is 97.1 Å². The molecule has 34 heavy (non-hydrogen) atoms. The summed E-state index contributed by atoms with van der Waals surface area (Å²) in [4.78, 5) is 12.6. The topological polar surface area (TPSA) is 44.8 Å². The van der Waals surface area contributed by atoms with Crippen LogP contribution in [0.25, 0.3) is 0 Å². The van der Waals surface area contributed by atoms with Crippen molar-refractivity contribution in [3.05, 3.63) is 134 Å². The third-order valence-electron chi connectivity index (χ3n) is 5.31. The highest BCUT2D eigenvalue weighted by molar-refractivity contribution is 6.85. The molecule has 5 heteroatoms. The fourth-order valence-corrected chi connectivity index (χ4v) is 6.75. The second-order valence-electron chi connectivity index (χ2n) is 7.72. The lowest BCUT2D eigenvalue weighted by Gasteiger charge is -2.35. The Labute approximate surface area is 201 Å². The molecule has 0 amide bonds. The first-order chi connectivity index (χ1) is 16.7. The van der Waals surface area contributed by atoms with E-state index < -0.39 is 20.7 Å². The quantitative estimate of drug-likeness (QED) is 0.149. The Hall–Kier alpha value is -4.09. The summed E-state index contributed by atoms with van der Waals surface area (Å²) >= 11 is 0. The Morgan fingerprint density at radius 2 is 1.06 bits per heavy atom. The largest absolute Gasteiger partial charge is 0.421 e. The Morgan fingerprint density at radius 1 is 0.676 bits per heavy atom. The average Bonchev–Trinajstić information content (AvgIpc) is 2.89. The molecule has 0 spiro atoms. The molecule has 0 aliphatic carbocycles. The molecule has 4 aromatic rings. The number of carbonyl (C=O) groups excluding carboxylic acids is 1. The van der Waals surface area contributed by atoms with Crippen LogP contribution in [0.4, 0.5) is 0 Å². The van der Waals surface area contributed by atoms with E-state index in [0.29, 0.717) is 17.5 Å². The number of ether oxygens (including phenoxy) is 3. The predicted molar refractivity (Wildman–Crippen MR) is 137 cm³/mol. The number of carbonyl (C=O) groups is 1. The van der Waals surface area contributed by atoms with Crippen molar-refractivity contribution in [2.45, 2.75) is 12.0 Å². The lowest BCUT2D eigenvalue weighted by molar-refractivity contribution is -0.271. The zero-order valence-corrected chi connectivity index (χ0v) is 19.9. The molecule has 0 aliphatic rings. The zero-order valence-electron chi connectivity index (χ0n) is 18.7. The first-order valence-corrected chi connectivity index (χ1v) is 13.1. The Morgan fingerprint density at radius 3 is 1.44 bits per heavy atom. The Balaban J connectivity index is 1.82. The molecule has 0 N–H and O–H groups in total. The van der Waals surface area contributed by atoms with Crippen molar-refractivity contribution in [1.29, 1.82) is 0 Å². The van der Waals surface area contributed by atoms with Gasteiger partial charge in [-0.3, -0.25) is 0 Å². The van der Waals surface area contributed by atoms with E-state index in [-0.39, 0.29) is 0 Å². The number of esters is 1. The molecule has 0 heterocycles. The van der Waals surface area contributed by atoms with Crippen LogP contribution in [-0.4, -0.2) is 20.7 Å². The first-order valence-electron chi connectivity index (χ1n) is 11.1. The smallest absolute Gasteiger partial charge is 0.417 e. The standard InChI is InChI=1S/C29H26O4Si/c1-2-28(30)33-29(31-24-15-7-3-8-16-24,32-25-17-9-4-10-18-25)23-34(26-19-11-5-12-20-26)27-21-13-6-14-22-27/h2-22,34H,1,23H2. The second kappa shape index (κ2) is 11.2. The maximum Gasteiger partial charge on any atom is 0.417 e. The number of rotatable bonds is 10. The van der Waals surface area contributed by atoms with Gasteiger partial charge in [0, 0.05) is 6.08 Å². The molecule has 0 radical (unpaired) electrons. The van der Waals surface area contributed by atoms with Crippen molar-refractivity contribution in [1.82, 2.24) is 0 Å². The van der Waals surface area contributed by atoms with Crippen LogP contribution in [-0.2, 0) is 9.53 Å². The molecular formula is C29H26O4Si. The van der Waals surface area contributed by atoms with Crippen LogP contribution < -0.4 is 19.8 Å². The minimum absolute atomic E-state index is 0.338. The molecule has 0 atom stereocenters. The number of benzene rings is 4. The molecule has 0 saturated carbocycles. The molecule has 170 valence electrons. The minimum atomic E-state index is -1.99. The SMILES string of the molecule is C=CC(=O)OC(C[SiH](c1ccccc1)c1ccccc1)(Oc1ccccc1)Oc1ccccc1. The highest BCUT2D eigenvalue weighted by Gasteiger charge is 2.44. The van der Waals surface area contributed by atoms with Gasteiger partial charge in [-0.15, -0.1) is 0 Å². The summed E-state index contributed by atoms with van der Waals surface area (Å²) < 4.78 is 18.6. The third kappa shape index (κ3) is 6.03. The summed E-state index contributed by atoms with van der Waals surface area (Å²) in [6, 6.07) is 39.3. The molecule has 0 aliphatic heterocycles. The lowest BCUT2D eigenvalue weighted by atomic mass is 10.3. The summed E-state index contributed by atoms with van der Waals surface area (Å²) in [5.74, 6) is -1.26. The van der Waals surface area contributed by atoms with Crippen LogP contribution in [0.3, 0.4) is 0 Å². The fourth-order valence-electron chi connectivity index (χ4n) is 3.77. The maximum absolute atomic E-state index is 12.6. The van der Waals surface area contributed by atoms with Crippen LogP contribution in [0, 0.1) is 0 Å². The molecule has 4 aromatic carbocycles. The van der Waals surface area contributed by atoms with Gasteiger partial charge < -0.3 is 14.2 Å². The van der Waals surface area contributed by atoms with Gasteiger partial charge in [-0.1, -0.05) is 114 Å². The molecule has 4 nitrogen and oxygen atoms in total. The monoisotopic (exact) mass is 466 g/mol. The van der Waals surface area contributed by atoms with Crippen LogP contribution in [0.2, 0.25) is 6.04 Å². The predicted octanol–water partition coefficient (Wildman–Crippen LogP) is 4.57. The van der Waals surface area contributed by atoms with Crippen molar-refractivity contribution < 1.29 is 19.0 Å². The normalized spacial score (nSPS) is 11.0. The van der Waals surface area contributed by atoms with Crippen LogP contribution in [0.5, 0.6) is 11.5 Å². The van der Waals surface area contributed by atoms with E-state index in [4.69, 9.17) is 14.2 Å². The van der Waals surface area contributed by atoms with E-state index >= 15 is 0 Å². The van der Waals surface area contributed by atoms with Crippen LogP contribution in [0.15, 0.2) is 134 Å². The average molecular weight is 467 g/mol. The van der Waals surface area contributed by atoms with Gasteiger partial charge in [0.05, 0.1) is 6.04 Å². The summed E-state index contributed by atoms with van der Waals surface area (Å²) in [5, 5.41) is 2.36. The molecule has 4 rings (SSSR count). The van der Waals surface area contributed by atoms with E-state index in [2.05, 4.69) is 30.8 Å². The summed E-state index contributed by atoms with van der Waals surface area (Å²) in [6.45, 7) is 3.58. The van der Waals surface area contributed by atoms with Gasteiger partial charge in [0.2, 0.25) is 0 Å². The van der Waals surface area contributed by atoms with E-state index in [1.54, 1.807) is 0 Å². The zero-order chi connectivity index (χ0) is 23.6. The molecule has 0 fully saturated rings. The van der Waals surface area contributed by atoms with Gasteiger partial charge in [0.25, 0.3) is 0 Å². The Bertz CT molecular complexity index is 1100. The number of hydrogen-bond acceptors (Lipinski definition) is 4. The minimum Gasteiger partial charge on any atom is -0.421 e. The number of hydrogen-bond donors (Lipinski definition) is 0.